The molecule has 3 heterocycles. The molecule has 0 saturated carbocycles. The van der Waals surface area contributed by atoms with Crippen LogP contribution in [0, 0.1) is 0 Å². The molecule has 5 atom stereocenters. The second-order valence-corrected chi connectivity index (χ2v) is 5.01. The highest BCUT2D eigenvalue weighted by Crippen LogP contribution is 2.32. The first-order valence-electron chi connectivity index (χ1n) is 6.67. The van der Waals surface area contributed by atoms with Crippen LogP contribution in [0.5, 0.6) is 0 Å². The molecule has 10 heteroatoms. The van der Waals surface area contributed by atoms with Crippen LogP contribution >= 0.6 is 0 Å². The molecular weight excluding hydrogens is 296 g/mol. The number of nitrogens with zero attached hydrogens (tertiary/aromatic N) is 4. The molecule has 3 rings (SSSR count). The minimum Gasteiger partial charge on any atom is -0.394 e. The third kappa shape index (κ3) is 2.26. The summed E-state index contributed by atoms with van der Waals surface area (Å²) in [7, 11) is 0. The van der Waals surface area contributed by atoms with Crippen molar-refractivity contribution in [3.05, 3.63) is 18.3 Å². The van der Waals surface area contributed by atoms with Crippen LogP contribution < -0.4 is 0 Å². The van der Waals surface area contributed by atoms with E-state index in [4.69, 9.17) is 14.9 Å². The average molecular weight is 312 g/mol. The van der Waals surface area contributed by atoms with Gasteiger partial charge in [-0.1, -0.05) is 0 Å². The Morgan fingerprint density at radius 3 is 2.59 bits per heavy atom. The molecule has 2 aromatic heterocycles. The number of aliphatic hydroxyl groups excluding tert-OH is 5. The Balaban J connectivity index is 2.03. The number of aromatic nitrogens is 4. The molecule has 22 heavy (non-hydrogen) atoms. The summed E-state index contributed by atoms with van der Waals surface area (Å²) in [6.07, 6.45) is -3.09. The van der Waals surface area contributed by atoms with Crippen LogP contribution in [0.1, 0.15) is 18.0 Å². The zero-order valence-corrected chi connectivity index (χ0v) is 11.4. The quantitative estimate of drug-likeness (QED) is 0.411. The van der Waals surface area contributed by atoms with E-state index >= 15 is 0 Å². The van der Waals surface area contributed by atoms with Gasteiger partial charge in [-0.05, 0) is 0 Å². The largest absolute Gasteiger partial charge is 0.394 e. The van der Waals surface area contributed by atoms with E-state index in [-0.39, 0.29) is 16.9 Å². The van der Waals surface area contributed by atoms with Crippen molar-refractivity contribution in [1.82, 2.24) is 19.5 Å². The Morgan fingerprint density at radius 1 is 1.18 bits per heavy atom. The first-order chi connectivity index (χ1) is 10.6. The molecule has 5 N–H and O–H groups in total. The molecule has 2 aromatic rings. The Kier molecular flexibility index (Phi) is 4.04. The smallest absolute Gasteiger partial charge is 0.165 e. The van der Waals surface area contributed by atoms with Gasteiger partial charge in [-0.2, -0.15) is 0 Å². The fraction of sp³-hybridized carbons (Fsp3) is 0.583. The molecule has 10 nitrogen and oxygen atoms in total. The summed E-state index contributed by atoms with van der Waals surface area (Å²) in [5.41, 5.74) is 0.673. The van der Waals surface area contributed by atoms with E-state index in [1.54, 1.807) is 0 Å². The maximum absolute atomic E-state index is 10.0. The van der Waals surface area contributed by atoms with Crippen LogP contribution in [0.3, 0.4) is 0 Å². The average Bonchev–Trinajstić information content (AvgIpc) is 3.08. The highest BCUT2D eigenvalue weighted by atomic mass is 16.6. The van der Waals surface area contributed by atoms with Crippen molar-refractivity contribution in [2.75, 3.05) is 13.2 Å². The lowest BCUT2D eigenvalue weighted by Gasteiger charge is -2.16. The lowest BCUT2D eigenvalue weighted by Crippen LogP contribution is -2.33. The minimum absolute atomic E-state index is 0.151. The van der Waals surface area contributed by atoms with Gasteiger partial charge < -0.3 is 30.3 Å². The van der Waals surface area contributed by atoms with Crippen LogP contribution in [0.2, 0.25) is 0 Å². The van der Waals surface area contributed by atoms with E-state index in [9.17, 15) is 15.3 Å². The van der Waals surface area contributed by atoms with E-state index in [0.717, 1.165) is 0 Å². The zero-order valence-electron chi connectivity index (χ0n) is 11.4. The number of rotatable bonds is 4. The summed E-state index contributed by atoms with van der Waals surface area (Å²) in [6.45, 7) is -0.961. The summed E-state index contributed by atoms with van der Waals surface area (Å²) in [6, 6.07) is 0. The first-order valence-corrected chi connectivity index (χ1v) is 6.67. The molecule has 0 aromatic carbocycles. The Bertz CT molecular complexity index is 664. The Labute approximate surface area is 124 Å². The van der Waals surface area contributed by atoms with Gasteiger partial charge >= 0.3 is 0 Å². The van der Waals surface area contributed by atoms with Crippen LogP contribution in [-0.2, 0) is 4.74 Å². The van der Waals surface area contributed by atoms with Crippen molar-refractivity contribution in [3.63, 3.8) is 0 Å². The second kappa shape index (κ2) is 5.83. The number of imidazole rings is 1. The predicted molar refractivity (Wildman–Crippen MR) is 70.4 cm³/mol. The van der Waals surface area contributed by atoms with Gasteiger partial charge in [-0.3, -0.25) is 4.57 Å². The molecule has 0 radical (unpaired) electrons. The molecule has 0 bridgehead atoms. The van der Waals surface area contributed by atoms with Crippen molar-refractivity contribution in [1.29, 1.82) is 0 Å². The van der Waals surface area contributed by atoms with E-state index < -0.39 is 43.9 Å². The van der Waals surface area contributed by atoms with Crippen LogP contribution in [-0.4, -0.2) is 76.6 Å². The predicted octanol–water partition coefficient (Wildman–Crippen LogP) is -2.54. The SMILES string of the molecule is OCC(O)c1ncnc2c1ncn2[C@@H]1O[C@H](CO)[C@@H](O)[C@H]1O. The van der Waals surface area contributed by atoms with E-state index in [0.29, 0.717) is 0 Å². The number of fused-ring (bicyclic) bond motifs is 1. The number of aliphatic hydroxyl groups is 5. The molecule has 120 valence electrons. The van der Waals surface area contributed by atoms with Gasteiger partial charge in [-0.25, -0.2) is 15.0 Å². The molecule has 1 fully saturated rings. The van der Waals surface area contributed by atoms with Gasteiger partial charge in [0.1, 0.15) is 42.0 Å². The number of ether oxygens (including phenoxy) is 1. The standard InChI is InChI=1S/C12H16N4O6/c17-1-5(19)7-8-11(14-3-13-7)16(4-15-8)12-10(21)9(20)6(2-18)22-12/h3-6,9-10,12,17-21H,1-2H2/t5?,6-,9-,10-,12-/m1/s1. The van der Waals surface area contributed by atoms with Gasteiger partial charge in [0, 0.05) is 0 Å². The highest BCUT2D eigenvalue weighted by molar-refractivity contribution is 5.73. The minimum atomic E-state index is -1.27. The third-order valence-electron chi connectivity index (χ3n) is 3.67. The second-order valence-electron chi connectivity index (χ2n) is 5.01. The van der Waals surface area contributed by atoms with Gasteiger partial charge in [-0.15, -0.1) is 0 Å². The summed E-state index contributed by atoms with van der Waals surface area (Å²) in [4.78, 5) is 12.0. The molecule has 0 amide bonds. The van der Waals surface area contributed by atoms with Crippen molar-refractivity contribution in [2.45, 2.75) is 30.6 Å². The topological polar surface area (TPSA) is 154 Å². The lowest BCUT2D eigenvalue weighted by molar-refractivity contribution is -0.0511. The molecule has 1 aliphatic rings. The Hall–Kier alpha value is -1.69. The molecule has 1 saturated heterocycles. The summed E-state index contributed by atoms with van der Waals surface area (Å²) >= 11 is 0. The van der Waals surface area contributed by atoms with Gasteiger partial charge in [0.15, 0.2) is 11.9 Å². The van der Waals surface area contributed by atoms with E-state index in [2.05, 4.69) is 15.0 Å². The molecule has 1 unspecified atom stereocenters. The molecule has 0 spiro atoms. The fourth-order valence-corrected chi connectivity index (χ4v) is 2.50. The van der Waals surface area contributed by atoms with Crippen LogP contribution in [0.25, 0.3) is 11.2 Å². The summed E-state index contributed by atoms with van der Waals surface area (Å²) < 4.78 is 6.80. The van der Waals surface area contributed by atoms with Gasteiger partial charge in [0.05, 0.1) is 19.5 Å². The van der Waals surface area contributed by atoms with Crippen LogP contribution in [0.15, 0.2) is 12.7 Å². The third-order valence-corrected chi connectivity index (χ3v) is 3.67. The van der Waals surface area contributed by atoms with Crippen molar-refractivity contribution < 1.29 is 30.3 Å². The molecular formula is C12H16N4O6. The molecule has 1 aliphatic heterocycles. The number of hydrogen-bond donors (Lipinski definition) is 5. The maximum atomic E-state index is 10.0. The van der Waals surface area contributed by atoms with Crippen molar-refractivity contribution in [3.8, 4) is 0 Å². The lowest BCUT2D eigenvalue weighted by atomic mass is 10.1. The monoisotopic (exact) mass is 312 g/mol. The summed E-state index contributed by atoms with van der Waals surface area (Å²) in [5.74, 6) is 0. The van der Waals surface area contributed by atoms with Gasteiger partial charge in [0.2, 0.25) is 0 Å². The van der Waals surface area contributed by atoms with Crippen molar-refractivity contribution in [2.24, 2.45) is 0 Å². The van der Waals surface area contributed by atoms with E-state index in [1.165, 1.54) is 17.2 Å². The number of hydrogen-bond acceptors (Lipinski definition) is 9. The van der Waals surface area contributed by atoms with Crippen molar-refractivity contribution >= 4 is 11.2 Å². The fourth-order valence-electron chi connectivity index (χ4n) is 2.50. The normalized spacial score (nSPS) is 30.0. The Morgan fingerprint density at radius 2 is 1.95 bits per heavy atom. The van der Waals surface area contributed by atoms with Gasteiger partial charge in [0.25, 0.3) is 0 Å². The van der Waals surface area contributed by atoms with E-state index in [1.807, 2.05) is 0 Å². The first kappa shape index (κ1) is 15.2. The van der Waals surface area contributed by atoms with Crippen LogP contribution in [0.4, 0.5) is 0 Å². The highest BCUT2D eigenvalue weighted by Gasteiger charge is 2.44. The summed E-state index contributed by atoms with van der Waals surface area (Å²) in [5, 5.41) is 47.7. The molecule has 0 aliphatic carbocycles. The zero-order chi connectivity index (χ0) is 15.9. The maximum Gasteiger partial charge on any atom is 0.165 e.